The third-order valence-electron chi connectivity index (χ3n) is 3.42. The van der Waals surface area contributed by atoms with E-state index in [4.69, 9.17) is 4.74 Å². The van der Waals surface area contributed by atoms with Crippen molar-refractivity contribution in [2.24, 2.45) is 5.41 Å². The van der Waals surface area contributed by atoms with Crippen LogP contribution in [-0.4, -0.2) is 33.5 Å². The minimum Gasteiger partial charge on any atom is -0.490 e. The smallest absolute Gasteiger partial charge is 0.182 e. The predicted octanol–water partition coefficient (Wildman–Crippen LogP) is 3.05. The highest BCUT2D eigenvalue weighted by atomic mass is 35.5. The lowest BCUT2D eigenvalue weighted by atomic mass is 9.87. The lowest BCUT2D eigenvalue weighted by molar-refractivity contribution is 0.0852. The largest absolute Gasteiger partial charge is 0.490 e. The number of nitrogens with zero attached hydrogens (tertiary/aromatic N) is 2. The number of pyridine rings is 1. The third-order valence-corrected chi connectivity index (χ3v) is 3.42. The van der Waals surface area contributed by atoms with E-state index in [-0.39, 0.29) is 31.2 Å². The number of hydrogen-bond donors (Lipinski definition) is 1. The molecule has 0 amide bonds. The first kappa shape index (κ1) is 18.5. The lowest BCUT2D eigenvalue weighted by Gasteiger charge is -2.20. The highest BCUT2D eigenvalue weighted by Gasteiger charge is 2.26. The molecular formula is C16H23ClN2O3. The Bertz CT molecular complexity index is 665. The third kappa shape index (κ3) is 3.59. The van der Waals surface area contributed by atoms with Crippen LogP contribution in [0.3, 0.4) is 0 Å². The van der Waals surface area contributed by atoms with Crippen molar-refractivity contribution in [3.8, 4) is 5.75 Å². The molecule has 0 aliphatic heterocycles. The summed E-state index contributed by atoms with van der Waals surface area (Å²) in [4.78, 5) is 17.0. The lowest BCUT2D eigenvalue weighted by Crippen LogP contribution is -2.22. The maximum Gasteiger partial charge on any atom is 0.182 e. The van der Waals surface area contributed by atoms with Crippen molar-refractivity contribution in [1.29, 1.82) is 0 Å². The van der Waals surface area contributed by atoms with Gasteiger partial charge in [-0.2, -0.15) is 0 Å². The number of carbonyl (C=O) groups is 1. The molecule has 2 aromatic rings. The van der Waals surface area contributed by atoms with E-state index in [9.17, 15) is 9.90 Å². The van der Waals surface area contributed by atoms with Crippen LogP contribution in [0.4, 0.5) is 0 Å². The van der Waals surface area contributed by atoms with Crippen LogP contribution in [0.15, 0.2) is 18.3 Å². The minimum absolute atomic E-state index is 0. The normalized spacial score (nSPS) is 11.3. The molecule has 5 nitrogen and oxygen atoms in total. The number of rotatable bonds is 6. The number of ether oxygens (including phenoxy) is 1. The fourth-order valence-electron chi connectivity index (χ4n) is 2.33. The number of Topliss-reactive ketones (excluding diaryl/α,β-unsaturated/α-hetero) is 1. The molecular weight excluding hydrogens is 304 g/mol. The highest BCUT2D eigenvalue weighted by Crippen LogP contribution is 2.26. The summed E-state index contributed by atoms with van der Waals surface area (Å²) in [6.07, 6.45) is 2.09. The number of fused-ring (bicyclic) bond motifs is 1. The van der Waals surface area contributed by atoms with Gasteiger partial charge in [0.25, 0.3) is 0 Å². The van der Waals surface area contributed by atoms with E-state index >= 15 is 0 Å². The van der Waals surface area contributed by atoms with Gasteiger partial charge >= 0.3 is 0 Å². The first-order valence-electron chi connectivity index (χ1n) is 7.14. The Kier molecular flexibility index (Phi) is 5.97. The molecule has 2 aromatic heterocycles. The molecule has 0 unspecified atom stereocenters. The van der Waals surface area contributed by atoms with Crippen LogP contribution in [0.2, 0.25) is 0 Å². The first-order chi connectivity index (χ1) is 9.89. The molecule has 0 spiro atoms. The van der Waals surface area contributed by atoms with Crippen molar-refractivity contribution < 1.29 is 14.6 Å². The van der Waals surface area contributed by atoms with Crippen LogP contribution in [-0.2, 0) is 0 Å². The van der Waals surface area contributed by atoms with Gasteiger partial charge in [0.05, 0.1) is 12.3 Å². The summed E-state index contributed by atoms with van der Waals surface area (Å²) in [7, 11) is 0. The maximum absolute atomic E-state index is 12.6. The van der Waals surface area contributed by atoms with E-state index in [1.54, 1.807) is 4.40 Å². The molecule has 0 saturated carbocycles. The molecule has 6 heteroatoms. The van der Waals surface area contributed by atoms with Gasteiger partial charge < -0.3 is 9.84 Å². The van der Waals surface area contributed by atoms with Gasteiger partial charge in [0.2, 0.25) is 0 Å². The molecule has 0 radical (unpaired) electrons. The maximum atomic E-state index is 12.6. The minimum atomic E-state index is -0.439. The van der Waals surface area contributed by atoms with E-state index in [1.165, 1.54) is 0 Å². The van der Waals surface area contributed by atoms with Gasteiger partial charge in [-0.1, -0.05) is 13.8 Å². The van der Waals surface area contributed by atoms with Crippen LogP contribution in [0, 0.1) is 12.3 Å². The topological polar surface area (TPSA) is 63.8 Å². The van der Waals surface area contributed by atoms with Crippen molar-refractivity contribution in [3.05, 3.63) is 29.7 Å². The monoisotopic (exact) mass is 326 g/mol. The Hall–Kier alpha value is -1.59. The van der Waals surface area contributed by atoms with Crippen molar-refractivity contribution in [2.45, 2.75) is 34.1 Å². The number of aliphatic hydroxyl groups excluding tert-OH is 1. The summed E-state index contributed by atoms with van der Waals surface area (Å²) in [5.74, 6) is 0.649. The fraction of sp³-hybridized carbons (Fsp3) is 0.500. The molecule has 0 saturated heterocycles. The second-order valence-electron chi connectivity index (χ2n) is 5.97. The van der Waals surface area contributed by atoms with Gasteiger partial charge in [0.1, 0.15) is 5.69 Å². The van der Waals surface area contributed by atoms with E-state index in [0.29, 0.717) is 29.4 Å². The SMILES string of the molecule is CCOc1cccn2c(C(=O)CC(C)(C)CO)c(C)nc12.Cl. The fourth-order valence-corrected chi connectivity index (χ4v) is 2.33. The molecule has 0 aliphatic carbocycles. The summed E-state index contributed by atoms with van der Waals surface area (Å²) in [5.41, 5.74) is 1.46. The number of imidazole rings is 1. The Balaban J connectivity index is 0.00000242. The molecule has 0 aliphatic rings. The van der Waals surface area contributed by atoms with Gasteiger partial charge in [-0.25, -0.2) is 4.98 Å². The van der Waals surface area contributed by atoms with Crippen LogP contribution in [0.25, 0.3) is 5.65 Å². The second-order valence-corrected chi connectivity index (χ2v) is 5.97. The number of carbonyl (C=O) groups excluding carboxylic acids is 1. The van der Waals surface area contributed by atoms with Crippen molar-refractivity contribution in [1.82, 2.24) is 9.38 Å². The Morgan fingerprint density at radius 1 is 1.45 bits per heavy atom. The summed E-state index contributed by atoms with van der Waals surface area (Å²) < 4.78 is 7.33. The van der Waals surface area contributed by atoms with Crippen LogP contribution in [0.5, 0.6) is 5.75 Å². The number of aryl methyl sites for hydroxylation is 1. The summed E-state index contributed by atoms with van der Waals surface area (Å²) in [6.45, 7) is 7.99. The van der Waals surface area contributed by atoms with Crippen molar-refractivity contribution in [2.75, 3.05) is 13.2 Å². The second kappa shape index (κ2) is 7.11. The predicted molar refractivity (Wildman–Crippen MR) is 88.2 cm³/mol. The van der Waals surface area contributed by atoms with Crippen LogP contribution >= 0.6 is 12.4 Å². The first-order valence-corrected chi connectivity index (χ1v) is 7.14. The zero-order valence-electron chi connectivity index (χ0n) is 13.4. The Morgan fingerprint density at radius 3 is 2.73 bits per heavy atom. The average molecular weight is 327 g/mol. The Morgan fingerprint density at radius 2 is 2.14 bits per heavy atom. The van der Waals surface area contributed by atoms with Crippen LogP contribution in [0.1, 0.15) is 43.4 Å². The molecule has 122 valence electrons. The van der Waals surface area contributed by atoms with Gasteiger partial charge in [-0.05, 0) is 31.4 Å². The zero-order chi connectivity index (χ0) is 15.6. The van der Waals surface area contributed by atoms with E-state index in [2.05, 4.69) is 4.98 Å². The molecule has 0 aromatic carbocycles. The molecule has 0 atom stereocenters. The van der Waals surface area contributed by atoms with E-state index in [0.717, 1.165) is 0 Å². The molecule has 0 bridgehead atoms. The molecule has 1 N–H and O–H groups in total. The van der Waals surface area contributed by atoms with Crippen LogP contribution < -0.4 is 4.74 Å². The molecule has 2 rings (SSSR count). The van der Waals surface area contributed by atoms with E-state index < -0.39 is 5.41 Å². The standard InChI is InChI=1S/C16H22N2O3.ClH/c1-5-21-13-7-6-8-18-14(11(2)17-15(13)18)12(20)9-16(3,4)10-19;/h6-8,19H,5,9-10H2,1-4H3;1H. The van der Waals surface area contributed by atoms with Crippen molar-refractivity contribution in [3.63, 3.8) is 0 Å². The molecule has 2 heterocycles. The average Bonchev–Trinajstić information content (AvgIpc) is 2.76. The molecule has 0 fully saturated rings. The van der Waals surface area contributed by atoms with Gasteiger partial charge in [-0.3, -0.25) is 9.20 Å². The number of aliphatic hydroxyl groups is 1. The Labute approximate surface area is 136 Å². The quantitative estimate of drug-likeness (QED) is 0.829. The summed E-state index contributed by atoms with van der Waals surface area (Å²) in [5, 5.41) is 9.34. The van der Waals surface area contributed by atoms with Gasteiger partial charge in [0.15, 0.2) is 17.2 Å². The number of halogens is 1. The van der Waals surface area contributed by atoms with Gasteiger partial charge in [-0.15, -0.1) is 12.4 Å². The summed E-state index contributed by atoms with van der Waals surface area (Å²) >= 11 is 0. The number of ketones is 1. The summed E-state index contributed by atoms with van der Waals surface area (Å²) in [6, 6.07) is 3.68. The van der Waals surface area contributed by atoms with Crippen molar-refractivity contribution >= 4 is 23.8 Å². The highest BCUT2D eigenvalue weighted by molar-refractivity contribution is 5.97. The number of hydrogen-bond acceptors (Lipinski definition) is 4. The van der Waals surface area contributed by atoms with E-state index in [1.807, 2.05) is 46.0 Å². The van der Waals surface area contributed by atoms with Gasteiger partial charge in [0, 0.05) is 19.2 Å². The zero-order valence-corrected chi connectivity index (χ0v) is 14.2. The number of aromatic nitrogens is 2. The molecule has 22 heavy (non-hydrogen) atoms.